The summed E-state index contributed by atoms with van der Waals surface area (Å²) >= 11 is 0. The van der Waals surface area contributed by atoms with Crippen molar-refractivity contribution < 1.29 is 14.3 Å². The van der Waals surface area contributed by atoms with E-state index in [0.29, 0.717) is 5.92 Å². The monoisotopic (exact) mass is 243 g/mol. The lowest BCUT2D eigenvalue weighted by Crippen LogP contribution is -2.48. The lowest BCUT2D eigenvalue weighted by molar-refractivity contribution is -0.127. The van der Waals surface area contributed by atoms with E-state index < -0.39 is 11.9 Å². The van der Waals surface area contributed by atoms with Crippen molar-refractivity contribution in [2.45, 2.75) is 38.3 Å². The van der Waals surface area contributed by atoms with Gasteiger partial charge in [-0.15, -0.1) is 0 Å². The predicted octanol–water partition coefficient (Wildman–Crippen LogP) is -0.880. The van der Waals surface area contributed by atoms with Gasteiger partial charge in [0.25, 0.3) is 0 Å². The van der Waals surface area contributed by atoms with E-state index in [-0.39, 0.29) is 18.4 Å². The van der Waals surface area contributed by atoms with E-state index in [4.69, 9.17) is 16.2 Å². The van der Waals surface area contributed by atoms with E-state index >= 15 is 0 Å². The molecule has 1 saturated heterocycles. The maximum Gasteiger partial charge on any atom is 0.237 e. The molecule has 5 N–H and O–H groups in total. The van der Waals surface area contributed by atoms with E-state index in [1.165, 1.54) is 0 Å². The van der Waals surface area contributed by atoms with Crippen molar-refractivity contribution in [1.82, 2.24) is 5.32 Å². The fourth-order valence-corrected chi connectivity index (χ4v) is 1.97. The average molecular weight is 243 g/mol. The molecule has 0 aromatic carbocycles. The Balaban J connectivity index is 2.36. The second-order valence-electron chi connectivity index (χ2n) is 4.52. The minimum Gasteiger partial charge on any atom is -0.381 e. The molecule has 1 heterocycles. The summed E-state index contributed by atoms with van der Waals surface area (Å²) in [6.07, 6.45) is 1.76. The van der Waals surface area contributed by atoms with Gasteiger partial charge in [-0.05, 0) is 25.7 Å². The molecule has 0 spiro atoms. The van der Waals surface area contributed by atoms with Gasteiger partial charge >= 0.3 is 0 Å². The largest absolute Gasteiger partial charge is 0.381 e. The van der Waals surface area contributed by atoms with Crippen molar-refractivity contribution >= 4 is 11.8 Å². The molecule has 2 unspecified atom stereocenters. The van der Waals surface area contributed by atoms with Crippen LogP contribution in [0.2, 0.25) is 0 Å². The summed E-state index contributed by atoms with van der Waals surface area (Å²) in [4.78, 5) is 22.3. The Morgan fingerprint density at radius 1 is 1.41 bits per heavy atom. The van der Waals surface area contributed by atoms with Crippen molar-refractivity contribution in [2.75, 3.05) is 13.2 Å². The first-order valence-corrected chi connectivity index (χ1v) is 5.92. The molecule has 0 aromatic rings. The summed E-state index contributed by atoms with van der Waals surface area (Å²) in [5.74, 6) is -0.470. The quantitative estimate of drug-likeness (QED) is 0.582. The van der Waals surface area contributed by atoms with E-state index in [1.807, 2.05) is 6.92 Å². The number of rotatable bonds is 5. The van der Waals surface area contributed by atoms with E-state index in [2.05, 4.69) is 5.32 Å². The van der Waals surface area contributed by atoms with Crippen LogP contribution in [0.25, 0.3) is 0 Å². The molecule has 0 bridgehead atoms. The van der Waals surface area contributed by atoms with Gasteiger partial charge in [-0.1, -0.05) is 0 Å². The zero-order valence-electron chi connectivity index (χ0n) is 10.1. The number of hydrogen-bond donors (Lipinski definition) is 3. The van der Waals surface area contributed by atoms with Gasteiger partial charge in [0.15, 0.2) is 0 Å². The molecule has 6 nitrogen and oxygen atoms in total. The third-order valence-corrected chi connectivity index (χ3v) is 3.10. The first kappa shape index (κ1) is 13.9. The molecule has 1 aliphatic heterocycles. The summed E-state index contributed by atoms with van der Waals surface area (Å²) < 4.78 is 5.26. The highest BCUT2D eigenvalue weighted by Crippen LogP contribution is 2.18. The van der Waals surface area contributed by atoms with Crippen molar-refractivity contribution in [3.63, 3.8) is 0 Å². The molecule has 0 aromatic heterocycles. The summed E-state index contributed by atoms with van der Waals surface area (Å²) in [5.41, 5.74) is 10.5. The van der Waals surface area contributed by atoms with Gasteiger partial charge in [0.1, 0.15) is 0 Å². The van der Waals surface area contributed by atoms with Crippen molar-refractivity contribution in [3.05, 3.63) is 0 Å². The van der Waals surface area contributed by atoms with Gasteiger partial charge in [0, 0.05) is 19.3 Å². The number of nitrogens with two attached hydrogens (primary N) is 2. The zero-order chi connectivity index (χ0) is 12.8. The third-order valence-electron chi connectivity index (χ3n) is 3.10. The number of primary amides is 1. The average Bonchev–Trinajstić information content (AvgIpc) is 2.29. The molecule has 17 heavy (non-hydrogen) atoms. The number of hydrogen-bond acceptors (Lipinski definition) is 4. The molecule has 1 aliphatic rings. The molecular formula is C11H21N3O3. The first-order valence-electron chi connectivity index (χ1n) is 5.92. The molecule has 0 saturated carbocycles. The molecule has 98 valence electrons. The van der Waals surface area contributed by atoms with Crippen molar-refractivity contribution in [3.8, 4) is 0 Å². The van der Waals surface area contributed by atoms with Crippen LogP contribution in [0, 0.1) is 5.92 Å². The fraction of sp³-hybridized carbons (Fsp3) is 0.818. The van der Waals surface area contributed by atoms with Crippen LogP contribution in [0.15, 0.2) is 0 Å². The van der Waals surface area contributed by atoms with Crippen LogP contribution in [0.4, 0.5) is 0 Å². The highest BCUT2D eigenvalue weighted by molar-refractivity contribution is 5.87. The molecule has 0 aliphatic carbocycles. The van der Waals surface area contributed by atoms with Gasteiger partial charge in [-0.25, -0.2) is 0 Å². The van der Waals surface area contributed by atoms with Crippen LogP contribution in [0.3, 0.4) is 0 Å². The van der Waals surface area contributed by atoms with Gasteiger partial charge < -0.3 is 21.5 Å². The third kappa shape index (κ3) is 4.70. The second kappa shape index (κ2) is 6.56. The van der Waals surface area contributed by atoms with E-state index in [9.17, 15) is 9.59 Å². The SMILES string of the molecule is CC(NC(=O)C(N)CC(N)=O)C1CCOCC1. The highest BCUT2D eigenvalue weighted by Gasteiger charge is 2.24. The Bertz CT molecular complexity index is 277. The van der Waals surface area contributed by atoms with Gasteiger partial charge in [0.05, 0.1) is 12.5 Å². The van der Waals surface area contributed by atoms with E-state index in [1.54, 1.807) is 0 Å². The van der Waals surface area contributed by atoms with Crippen LogP contribution in [-0.2, 0) is 14.3 Å². The second-order valence-corrected chi connectivity index (χ2v) is 4.52. The Hall–Kier alpha value is -1.14. The summed E-state index contributed by atoms with van der Waals surface area (Å²) in [6, 6.07) is -0.805. The highest BCUT2D eigenvalue weighted by atomic mass is 16.5. The van der Waals surface area contributed by atoms with Gasteiger partial charge in [0.2, 0.25) is 11.8 Å². The van der Waals surface area contributed by atoms with Gasteiger partial charge in [-0.2, -0.15) is 0 Å². The number of carbonyl (C=O) groups is 2. The Morgan fingerprint density at radius 3 is 2.53 bits per heavy atom. The molecular weight excluding hydrogens is 222 g/mol. The van der Waals surface area contributed by atoms with Crippen LogP contribution in [0.5, 0.6) is 0 Å². The topological polar surface area (TPSA) is 107 Å². The summed E-state index contributed by atoms with van der Waals surface area (Å²) in [5, 5.41) is 2.83. The van der Waals surface area contributed by atoms with Gasteiger partial charge in [-0.3, -0.25) is 9.59 Å². The Morgan fingerprint density at radius 2 is 2.00 bits per heavy atom. The first-order chi connectivity index (χ1) is 8.00. The Labute approximate surface area is 101 Å². The predicted molar refractivity (Wildman–Crippen MR) is 62.9 cm³/mol. The van der Waals surface area contributed by atoms with Crippen LogP contribution in [0.1, 0.15) is 26.2 Å². The minimum atomic E-state index is -0.852. The zero-order valence-corrected chi connectivity index (χ0v) is 10.1. The lowest BCUT2D eigenvalue weighted by Gasteiger charge is -2.29. The number of nitrogens with one attached hydrogen (secondary N) is 1. The maximum atomic E-state index is 11.7. The van der Waals surface area contributed by atoms with Crippen LogP contribution in [-0.4, -0.2) is 37.1 Å². The van der Waals surface area contributed by atoms with E-state index in [0.717, 1.165) is 26.1 Å². The molecule has 2 atom stereocenters. The number of ether oxygens (including phenoxy) is 1. The molecule has 6 heteroatoms. The smallest absolute Gasteiger partial charge is 0.237 e. The standard InChI is InChI=1S/C11H21N3O3/c1-7(8-2-4-17-5-3-8)14-11(16)9(12)6-10(13)15/h7-9H,2-6,12H2,1H3,(H2,13,15)(H,14,16). The number of amides is 2. The molecule has 0 radical (unpaired) electrons. The molecule has 2 amide bonds. The Kier molecular flexibility index (Phi) is 5.37. The van der Waals surface area contributed by atoms with Crippen molar-refractivity contribution in [2.24, 2.45) is 17.4 Å². The molecule has 1 fully saturated rings. The minimum absolute atomic E-state index is 0.0466. The summed E-state index contributed by atoms with van der Waals surface area (Å²) in [6.45, 7) is 3.42. The summed E-state index contributed by atoms with van der Waals surface area (Å²) in [7, 11) is 0. The number of carbonyl (C=O) groups excluding carboxylic acids is 2. The molecule has 1 rings (SSSR count). The maximum absolute atomic E-state index is 11.7. The lowest BCUT2D eigenvalue weighted by atomic mass is 9.92. The fourth-order valence-electron chi connectivity index (χ4n) is 1.97. The van der Waals surface area contributed by atoms with Crippen molar-refractivity contribution in [1.29, 1.82) is 0 Å². The normalized spacial score (nSPS) is 20.6. The van der Waals surface area contributed by atoms with Crippen LogP contribution >= 0.6 is 0 Å². The van der Waals surface area contributed by atoms with Crippen LogP contribution < -0.4 is 16.8 Å².